The van der Waals surface area contributed by atoms with Gasteiger partial charge in [-0.15, -0.1) is 5.54 Å². The predicted molar refractivity (Wildman–Crippen MR) is 156 cm³/mol. The molecule has 196 valence electrons. The first-order chi connectivity index (χ1) is 16.9. The number of pyridine rings is 1. The number of amides is 1. The van der Waals surface area contributed by atoms with Crippen LogP contribution in [0.1, 0.15) is 85.8 Å². The van der Waals surface area contributed by atoms with E-state index in [-0.39, 0.29) is 23.6 Å². The van der Waals surface area contributed by atoms with Crippen molar-refractivity contribution in [2.75, 3.05) is 6.26 Å². The molecule has 1 N–H and O–H groups in total. The second-order valence-electron chi connectivity index (χ2n) is 10.8. The van der Waals surface area contributed by atoms with E-state index in [4.69, 9.17) is 4.98 Å². The first kappa shape index (κ1) is 28.9. The molecule has 2 heterocycles. The molecule has 0 saturated heterocycles. The van der Waals surface area contributed by atoms with Gasteiger partial charge < -0.3 is 5.32 Å². The molecule has 0 aliphatic heterocycles. The molecular weight excluding hydrogens is 552 g/mol. The standard InChI is InChI=1S/C27H39BrN4O2SSi/c1-16(2)36(17(3)4,18(5)6)14-13-22-23-15-29-27(35-8)31-25(23)32(26(34)24(22)28)21-11-9-20(10-12-21)30-19(7)33/h15-18,20-21H,9-12H2,1-8H3,(H,30,33). The zero-order chi connectivity index (χ0) is 26.8. The van der Waals surface area contributed by atoms with E-state index in [1.165, 1.54) is 11.8 Å². The van der Waals surface area contributed by atoms with Gasteiger partial charge in [0.05, 0.1) is 15.4 Å². The Bertz CT molecular complexity index is 1220. The Labute approximate surface area is 229 Å². The highest BCUT2D eigenvalue weighted by Crippen LogP contribution is 2.41. The highest BCUT2D eigenvalue weighted by atomic mass is 79.9. The summed E-state index contributed by atoms with van der Waals surface area (Å²) in [4.78, 5) is 34.7. The fraction of sp³-hybridized carbons (Fsp3) is 0.630. The van der Waals surface area contributed by atoms with Gasteiger partial charge in [0.15, 0.2) is 5.16 Å². The number of hydrogen-bond donors (Lipinski definition) is 1. The lowest BCUT2D eigenvalue weighted by Gasteiger charge is -2.38. The Morgan fingerprint density at radius 1 is 1.14 bits per heavy atom. The zero-order valence-corrected chi connectivity index (χ0v) is 26.1. The first-order valence-corrected chi connectivity index (χ1v) is 17.1. The summed E-state index contributed by atoms with van der Waals surface area (Å²) in [6, 6.07) is 0.176. The van der Waals surface area contributed by atoms with Crippen molar-refractivity contribution in [1.29, 1.82) is 0 Å². The smallest absolute Gasteiger partial charge is 0.268 e. The van der Waals surface area contributed by atoms with Gasteiger partial charge in [-0.25, -0.2) is 9.97 Å². The number of thioether (sulfide) groups is 1. The van der Waals surface area contributed by atoms with Crippen LogP contribution in [0.5, 0.6) is 0 Å². The second kappa shape index (κ2) is 11.8. The van der Waals surface area contributed by atoms with Crippen LogP contribution in [0.25, 0.3) is 11.0 Å². The molecule has 0 radical (unpaired) electrons. The van der Waals surface area contributed by atoms with Crippen molar-refractivity contribution in [3.05, 3.63) is 26.6 Å². The van der Waals surface area contributed by atoms with Gasteiger partial charge in [0.2, 0.25) is 5.91 Å². The van der Waals surface area contributed by atoms with E-state index in [2.05, 4.69) is 79.2 Å². The number of fused-ring (bicyclic) bond motifs is 1. The monoisotopic (exact) mass is 590 g/mol. The molecule has 6 nitrogen and oxygen atoms in total. The number of nitrogens with one attached hydrogen (secondary N) is 1. The quantitative estimate of drug-likeness (QED) is 0.181. The lowest BCUT2D eigenvalue weighted by atomic mass is 9.90. The van der Waals surface area contributed by atoms with Gasteiger partial charge in [0, 0.05) is 25.2 Å². The lowest BCUT2D eigenvalue weighted by molar-refractivity contribution is -0.119. The number of rotatable bonds is 6. The number of aromatic nitrogens is 3. The zero-order valence-electron chi connectivity index (χ0n) is 22.7. The van der Waals surface area contributed by atoms with E-state index in [0.29, 0.717) is 37.5 Å². The molecule has 2 aromatic rings. The van der Waals surface area contributed by atoms with Crippen molar-refractivity contribution in [2.24, 2.45) is 0 Å². The fourth-order valence-electron chi connectivity index (χ4n) is 6.07. The Morgan fingerprint density at radius 3 is 2.22 bits per heavy atom. The molecule has 1 saturated carbocycles. The van der Waals surface area contributed by atoms with Crippen LogP contribution in [-0.2, 0) is 4.79 Å². The minimum atomic E-state index is -1.99. The average Bonchev–Trinajstić information content (AvgIpc) is 2.81. The summed E-state index contributed by atoms with van der Waals surface area (Å²) >= 11 is 5.11. The Hall–Kier alpha value is -1.63. The van der Waals surface area contributed by atoms with Crippen molar-refractivity contribution in [3.63, 3.8) is 0 Å². The normalized spacial score (nSPS) is 18.6. The van der Waals surface area contributed by atoms with Crippen LogP contribution in [0, 0.1) is 11.5 Å². The molecule has 1 aliphatic carbocycles. The maximum absolute atomic E-state index is 13.8. The summed E-state index contributed by atoms with van der Waals surface area (Å²) in [6.07, 6.45) is 7.05. The second-order valence-corrected chi connectivity index (χ2v) is 18.0. The third-order valence-corrected chi connectivity index (χ3v) is 15.4. The molecule has 3 rings (SSSR count). The van der Waals surface area contributed by atoms with Gasteiger partial charge >= 0.3 is 0 Å². The van der Waals surface area contributed by atoms with Gasteiger partial charge in [-0.2, -0.15) is 0 Å². The third-order valence-electron chi connectivity index (χ3n) is 7.79. The van der Waals surface area contributed by atoms with Crippen molar-refractivity contribution in [1.82, 2.24) is 19.9 Å². The summed E-state index contributed by atoms with van der Waals surface area (Å²) in [7, 11) is -1.99. The van der Waals surface area contributed by atoms with Crippen molar-refractivity contribution in [2.45, 2.75) is 108 Å². The molecule has 0 atom stereocenters. The van der Waals surface area contributed by atoms with Crippen LogP contribution >= 0.6 is 27.7 Å². The maximum atomic E-state index is 13.8. The van der Waals surface area contributed by atoms with Crippen molar-refractivity contribution >= 4 is 52.7 Å². The van der Waals surface area contributed by atoms with Gasteiger partial charge in [0.25, 0.3) is 5.56 Å². The van der Waals surface area contributed by atoms with Gasteiger partial charge in [-0.05, 0) is 64.5 Å². The minimum Gasteiger partial charge on any atom is -0.354 e. The van der Waals surface area contributed by atoms with Crippen LogP contribution in [0.3, 0.4) is 0 Å². The molecule has 1 fully saturated rings. The van der Waals surface area contributed by atoms with Gasteiger partial charge in [0.1, 0.15) is 13.7 Å². The highest BCUT2D eigenvalue weighted by molar-refractivity contribution is 9.10. The number of carbonyl (C=O) groups is 1. The van der Waals surface area contributed by atoms with Crippen molar-refractivity contribution in [3.8, 4) is 11.5 Å². The minimum absolute atomic E-state index is 0.00656. The molecular formula is C27H39BrN4O2SSi. The van der Waals surface area contributed by atoms with E-state index in [9.17, 15) is 9.59 Å². The summed E-state index contributed by atoms with van der Waals surface area (Å²) < 4.78 is 2.33. The Morgan fingerprint density at radius 2 is 1.72 bits per heavy atom. The van der Waals surface area contributed by atoms with E-state index in [0.717, 1.165) is 31.1 Å². The summed E-state index contributed by atoms with van der Waals surface area (Å²) in [5.41, 5.74) is 6.51. The SMILES string of the molecule is CSc1ncc2c(C#C[Si](C(C)C)(C(C)C)C(C)C)c(Br)c(=O)n(C3CCC(NC(C)=O)CC3)c2n1. The van der Waals surface area contributed by atoms with Crippen LogP contribution < -0.4 is 10.9 Å². The van der Waals surface area contributed by atoms with Crippen LogP contribution in [0.15, 0.2) is 20.6 Å². The summed E-state index contributed by atoms with van der Waals surface area (Å²) in [6.45, 7) is 15.3. The third kappa shape index (κ3) is 5.61. The largest absolute Gasteiger partial charge is 0.354 e. The molecule has 1 amide bonds. The predicted octanol–water partition coefficient (Wildman–Crippen LogP) is 6.47. The highest BCUT2D eigenvalue weighted by Gasteiger charge is 2.41. The van der Waals surface area contributed by atoms with Crippen LogP contribution in [-0.4, -0.2) is 40.8 Å². The number of carbonyl (C=O) groups excluding carboxylic acids is 1. The number of nitrogens with zero attached hydrogens (tertiary/aromatic N) is 3. The lowest BCUT2D eigenvalue weighted by Crippen LogP contribution is -2.43. The molecule has 0 spiro atoms. The first-order valence-electron chi connectivity index (χ1n) is 12.9. The Balaban J connectivity index is 2.20. The van der Waals surface area contributed by atoms with Gasteiger partial charge in [-0.3, -0.25) is 14.2 Å². The molecule has 2 aromatic heterocycles. The van der Waals surface area contributed by atoms with E-state index in [1.807, 2.05) is 17.0 Å². The van der Waals surface area contributed by atoms with E-state index >= 15 is 0 Å². The molecule has 1 aliphatic rings. The summed E-state index contributed by atoms with van der Waals surface area (Å²) in [5, 5.41) is 4.48. The average molecular weight is 592 g/mol. The topological polar surface area (TPSA) is 76.9 Å². The van der Waals surface area contributed by atoms with Crippen LogP contribution in [0.4, 0.5) is 0 Å². The molecule has 9 heteroatoms. The van der Waals surface area contributed by atoms with Crippen molar-refractivity contribution < 1.29 is 4.79 Å². The molecule has 36 heavy (non-hydrogen) atoms. The fourth-order valence-corrected chi connectivity index (χ4v) is 12.1. The molecule has 0 unspecified atom stereocenters. The number of hydrogen-bond acceptors (Lipinski definition) is 5. The van der Waals surface area contributed by atoms with E-state index < -0.39 is 8.07 Å². The van der Waals surface area contributed by atoms with Crippen LogP contribution in [0.2, 0.25) is 16.6 Å². The van der Waals surface area contributed by atoms with Gasteiger partial charge in [-0.1, -0.05) is 59.2 Å². The number of halogens is 1. The molecule has 0 aromatic carbocycles. The molecule has 0 bridgehead atoms. The summed E-state index contributed by atoms with van der Waals surface area (Å²) in [5.74, 6) is 3.49. The Kier molecular flexibility index (Phi) is 9.50. The maximum Gasteiger partial charge on any atom is 0.268 e. The van der Waals surface area contributed by atoms with E-state index in [1.54, 1.807) is 6.92 Å².